The number of cyclic esters (lactones) is 1. The largest absolute Gasteiger partial charge is 0.442 e. The molecule has 0 bridgehead atoms. The number of ether oxygens (including phenoxy) is 2. The van der Waals surface area contributed by atoms with Crippen LogP contribution in [-0.2, 0) is 14.3 Å². The summed E-state index contributed by atoms with van der Waals surface area (Å²) in [6.45, 7) is 1.40. The van der Waals surface area contributed by atoms with Crippen LogP contribution in [0.5, 0.6) is 0 Å². The van der Waals surface area contributed by atoms with Crippen molar-refractivity contribution < 1.29 is 27.8 Å². The van der Waals surface area contributed by atoms with Crippen LogP contribution in [0.25, 0.3) is 0 Å². The van der Waals surface area contributed by atoms with Crippen LogP contribution in [0.3, 0.4) is 0 Å². The maximum Gasteiger partial charge on any atom is 0.414 e. The van der Waals surface area contributed by atoms with Crippen molar-refractivity contribution in [3.8, 4) is 0 Å². The van der Waals surface area contributed by atoms with E-state index in [2.05, 4.69) is 5.32 Å². The molecule has 0 aromatic heterocycles. The molecule has 2 saturated heterocycles. The van der Waals surface area contributed by atoms with Crippen LogP contribution in [0.2, 0.25) is 0 Å². The molecule has 3 atom stereocenters. The molecule has 2 amide bonds. The van der Waals surface area contributed by atoms with E-state index in [-0.39, 0.29) is 32.2 Å². The Morgan fingerprint density at radius 1 is 1.28 bits per heavy atom. The molecule has 3 unspecified atom stereocenters. The fraction of sp³-hybridized carbons (Fsp3) is 0.500. The highest BCUT2D eigenvalue weighted by molar-refractivity contribution is 5.90. The Kier molecular flexibility index (Phi) is 5.03. The summed E-state index contributed by atoms with van der Waals surface area (Å²) in [7, 11) is 0. The van der Waals surface area contributed by atoms with Crippen LogP contribution in [0.4, 0.5) is 25.0 Å². The molecule has 1 aromatic rings. The predicted octanol–water partition coefficient (Wildman–Crippen LogP) is 1.58. The third kappa shape index (κ3) is 3.81. The third-order valence-corrected chi connectivity index (χ3v) is 4.01. The van der Waals surface area contributed by atoms with Crippen LogP contribution >= 0.6 is 0 Å². The van der Waals surface area contributed by atoms with E-state index in [1.54, 1.807) is 18.2 Å². The summed E-state index contributed by atoms with van der Waals surface area (Å²) >= 11 is 0. The quantitative estimate of drug-likeness (QED) is 0.831. The van der Waals surface area contributed by atoms with Crippen molar-refractivity contribution in [2.45, 2.75) is 25.6 Å². The molecule has 2 heterocycles. The number of amides is 2. The Morgan fingerprint density at radius 2 is 1.96 bits per heavy atom. The molecule has 0 saturated carbocycles. The number of hydrogen-bond donors (Lipinski definition) is 1. The molecule has 0 spiro atoms. The molecule has 9 heteroatoms. The summed E-state index contributed by atoms with van der Waals surface area (Å²) in [5.74, 6) is -0.216. The second kappa shape index (κ2) is 7.22. The molecule has 2 fully saturated rings. The van der Waals surface area contributed by atoms with Gasteiger partial charge in [-0.25, -0.2) is 13.6 Å². The second-order valence-electron chi connectivity index (χ2n) is 5.89. The van der Waals surface area contributed by atoms with E-state index >= 15 is 0 Å². The SMILES string of the molecule is CC(=O)NCC1CN(c2cccc(N3C(F)COCC3F)c2)C(=O)O1. The highest BCUT2D eigenvalue weighted by Crippen LogP contribution is 2.30. The molecule has 1 aromatic carbocycles. The van der Waals surface area contributed by atoms with Crippen LogP contribution in [-0.4, -0.2) is 57.0 Å². The van der Waals surface area contributed by atoms with Crippen molar-refractivity contribution in [1.82, 2.24) is 5.32 Å². The van der Waals surface area contributed by atoms with E-state index in [9.17, 15) is 18.4 Å². The monoisotopic (exact) mass is 355 g/mol. The number of halogens is 2. The molecule has 2 aliphatic rings. The van der Waals surface area contributed by atoms with Gasteiger partial charge in [0.1, 0.15) is 6.10 Å². The highest BCUT2D eigenvalue weighted by Gasteiger charge is 2.34. The molecule has 25 heavy (non-hydrogen) atoms. The highest BCUT2D eigenvalue weighted by atomic mass is 19.2. The molecule has 0 aliphatic carbocycles. The molecule has 1 N–H and O–H groups in total. The lowest BCUT2D eigenvalue weighted by molar-refractivity contribution is -0.119. The first-order valence-corrected chi connectivity index (χ1v) is 7.92. The van der Waals surface area contributed by atoms with Crippen LogP contribution in [0.15, 0.2) is 24.3 Å². The minimum Gasteiger partial charge on any atom is -0.442 e. The first kappa shape index (κ1) is 17.4. The first-order valence-electron chi connectivity index (χ1n) is 7.92. The first-order chi connectivity index (χ1) is 12.0. The smallest absolute Gasteiger partial charge is 0.414 e. The van der Waals surface area contributed by atoms with Gasteiger partial charge in [-0.1, -0.05) is 6.07 Å². The molecule has 7 nitrogen and oxygen atoms in total. The molecule has 0 radical (unpaired) electrons. The third-order valence-electron chi connectivity index (χ3n) is 4.01. The van der Waals surface area contributed by atoms with Gasteiger partial charge < -0.3 is 19.7 Å². The molecule has 136 valence electrons. The van der Waals surface area contributed by atoms with Crippen molar-refractivity contribution in [1.29, 1.82) is 0 Å². The molecular formula is C16H19F2N3O4. The van der Waals surface area contributed by atoms with Gasteiger partial charge in [-0.2, -0.15) is 0 Å². The summed E-state index contributed by atoms with van der Waals surface area (Å²) in [5, 5.41) is 2.59. The number of nitrogens with zero attached hydrogens (tertiary/aromatic N) is 2. The number of carbonyl (C=O) groups is 2. The number of morpholine rings is 1. The molecule has 3 rings (SSSR count). The summed E-state index contributed by atoms with van der Waals surface area (Å²) in [6, 6.07) is 6.39. The van der Waals surface area contributed by atoms with Gasteiger partial charge in [-0.3, -0.25) is 9.69 Å². The zero-order valence-corrected chi connectivity index (χ0v) is 13.7. The summed E-state index contributed by atoms with van der Waals surface area (Å²) in [4.78, 5) is 25.4. The average Bonchev–Trinajstić information content (AvgIpc) is 2.94. The number of nitrogens with one attached hydrogen (secondary N) is 1. The summed E-state index contributed by atoms with van der Waals surface area (Å²) < 4.78 is 38.1. The number of hydrogen-bond acceptors (Lipinski definition) is 5. The average molecular weight is 355 g/mol. The topological polar surface area (TPSA) is 71.1 Å². The molecular weight excluding hydrogens is 336 g/mol. The predicted molar refractivity (Wildman–Crippen MR) is 85.8 cm³/mol. The maximum absolute atomic E-state index is 14.0. The van der Waals surface area contributed by atoms with Crippen LogP contribution in [0.1, 0.15) is 6.92 Å². The zero-order valence-electron chi connectivity index (χ0n) is 13.7. The lowest BCUT2D eigenvalue weighted by Gasteiger charge is -2.35. The fourth-order valence-electron chi connectivity index (χ4n) is 2.84. The number of benzene rings is 1. The Hall–Kier alpha value is -2.42. The Balaban J connectivity index is 1.75. The van der Waals surface area contributed by atoms with Gasteiger partial charge in [0.25, 0.3) is 0 Å². The zero-order chi connectivity index (χ0) is 18.0. The van der Waals surface area contributed by atoms with Gasteiger partial charge in [0.15, 0.2) is 12.6 Å². The number of carbonyl (C=O) groups excluding carboxylic acids is 2. The second-order valence-corrected chi connectivity index (χ2v) is 5.89. The van der Waals surface area contributed by atoms with Crippen LogP contribution in [0, 0.1) is 0 Å². The van der Waals surface area contributed by atoms with Gasteiger partial charge in [0, 0.05) is 18.3 Å². The van der Waals surface area contributed by atoms with Gasteiger partial charge in [0.05, 0.1) is 26.3 Å². The lowest BCUT2D eigenvalue weighted by atomic mass is 10.2. The van der Waals surface area contributed by atoms with Gasteiger partial charge in [-0.05, 0) is 18.2 Å². The van der Waals surface area contributed by atoms with Crippen molar-refractivity contribution in [3.63, 3.8) is 0 Å². The fourth-order valence-corrected chi connectivity index (χ4v) is 2.84. The lowest BCUT2D eigenvalue weighted by Crippen LogP contribution is -2.48. The van der Waals surface area contributed by atoms with E-state index < -0.39 is 24.8 Å². The molecule has 2 aliphatic heterocycles. The van der Waals surface area contributed by atoms with E-state index in [1.165, 1.54) is 17.9 Å². The van der Waals surface area contributed by atoms with Gasteiger partial charge >= 0.3 is 6.09 Å². The summed E-state index contributed by atoms with van der Waals surface area (Å²) in [6.07, 6.45) is -4.25. The number of anilines is 2. The van der Waals surface area contributed by atoms with Crippen LogP contribution < -0.4 is 15.1 Å². The minimum atomic E-state index is -1.60. The standard InChI is InChI=1S/C16H19F2N3O4/c1-10(22)19-6-13-7-20(16(23)25-13)11-3-2-4-12(5-11)21-14(17)8-24-9-15(21)18/h2-5,13-15H,6-9H2,1H3,(H,19,22). The van der Waals surface area contributed by atoms with E-state index in [0.717, 1.165) is 4.90 Å². The summed E-state index contributed by atoms with van der Waals surface area (Å²) in [5.41, 5.74) is 0.789. The Morgan fingerprint density at radius 3 is 2.64 bits per heavy atom. The van der Waals surface area contributed by atoms with E-state index in [1.807, 2.05) is 0 Å². The Labute approximate surface area is 143 Å². The number of alkyl halides is 2. The van der Waals surface area contributed by atoms with Gasteiger partial charge in [0.2, 0.25) is 5.91 Å². The van der Waals surface area contributed by atoms with E-state index in [4.69, 9.17) is 9.47 Å². The maximum atomic E-state index is 14.0. The van der Waals surface area contributed by atoms with Crippen molar-refractivity contribution in [3.05, 3.63) is 24.3 Å². The van der Waals surface area contributed by atoms with E-state index in [0.29, 0.717) is 11.4 Å². The van der Waals surface area contributed by atoms with Crippen molar-refractivity contribution >= 4 is 23.4 Å². The van der Waals surface area contributed by atoms with Gasteiger partial charge in [-0.15, -0.1) is 0 Å². The Bertz CT molecular complexity index is 650. The van der Waals surface area contributed by atoms with Crippen molar-refractivity contribution in [2.75, 3.05) is 36.1 Å². The normalized spacial score (nSPS) is 26.5. The minimum absolute atomic E-state index is 0.208. The number of rotatable bonds is 4. The van der Waals surface area contributed by atoms with Crippen molar-refractivity contribution in [2.24, 2.45) is 0 Å².